The first-order chi connectivity index (χ1) is 11.7. The molecule has 1 fully saturated rings. The van der Waals surface area contributed by atoms with Gasteiger partial charge in [0.15, 0.2) is 5.11 Å². The second-order valence-corrected chi connectivity index (χ2v) is 6.46. The van der Waals surface area contributed by atoms with Crippen molar-refractivity contribution in [2.75, 3.05) is 23.3 Å². The summed E-state index contributed by atoms with van der Waals surface area (Å²) in [6, 6.07) is 5.52. The van der Waals surface area contributed by atoms with Crippen molar-refractivity contribution in [3.05, 3.63) is 35.4 Å². The Kier molecular flexibility index (Phi) is 5.87. The Balaban J connectivity index is 1.63. The maximum atomic E-state index is 6.16. The van der Waals surface area contributed by atoms with Crippen LogP contribution >= 0.6 is 23.8 Å². The highest BCUT2D eigenvalue weighted by Crippen LogP contribution is 2.21. The highest BCUT2D eigenvalue weighted by molar-refractivity contribution is 7.80. The van der Waals surface area contributed by atoms with Gasteiger partial charge in [-0.2, -0.15) is 4.98 Å². The van der Waals surface area contributed by atoms with Gasteiger partial charge in [0, 0.05) is 19.2 Å². The van der Waals surface area contributed by atoms with Crippen molar-refractivity contribution in [1.82, 2.24) is 15.3 Å². The summed E-state index contributed by atoms with van der Waals surface area (Å²) in [6.07, 6.45) is 6.50. The fraction of sp³-hybridized carbons (Fsp3) is 0.438. The number of hydrogen-bond donors (Lipinski definition) is 2. The van der Waals surface area contributed by atoms with Crippen LogP contribution in [-0.2, 0) is 6.54 Å². The van der Waals surface area contributed by atoms with Gasteiger partial charge in [-0.25, -0.2) is 4.98 Å². The Morgan fingerprint density at radius 3 is 2.75 bits per heavy atom. The van der Waals surface area contributed by atoms with Gasteiger partial charge in [0.25, 0.3) is 0 Å². The molecule has 6 nitrogen and oxygen atoms in total. The molecular weight excluding hydrogens is 346 g/mol. The molecule has 1 saturated heterocycles. The number of thiocarbonyl (C=S) groups is 1. The lowest BCUT2D eigenvalue weighted by Crippen LogP contribution is -2.29. The summed E-state index contributed by atoms with van der Waals surface area (Å²) in [5.41, 5.74) is 0. The predicted molar refractivity (Wildman–Crippen MR) is 99.5 cm³/mol. The highest BCUT2D eigenvalue weighted by atomic mass is 35.5. The van der Waals surface area contributed by atoms with Crippen molar-refractivity contribution in [3.8, 4) is 0 Å². The minimum absolute atomic E-state index is 0.402. The van der Waals surface area contributed by atoms with E-state index in [1.807, 2.05) is 12.1 Å². The van der Waals surface area contributed by atoms with Gasteiger partial charge < -0.3 is 20.0 Å². The molecule has 3 rings (SSSR count). The lowest BCUT2D eigenvalue weighted by atomic mass is 10.2. The van der Waals surface area contributed by atoms with E-state index in [0.717, 1.165) is 24.7 Å². The van der Waals surface area contributed by atoms with Crippen LogP contribution in [0.25, 0.3) is 0 Å². The number of nitrogens with one attached hydrogen (secondary N) is 2. The van der Waals surface area contributed by atoms with Crippen LogP contribution in [0.2, 0.25) is 5.15 Å². The molecule has 0 aliphatic carbocycles. The van der Waals surface area contributed by atoms with Crippen molar-refractivity contribution in [1.29, 1.82) is 0 Å². The molecule has 3 heterocycles. The molecule has 1 aliphatic rings. The smallest absolute Gasteiger partial charge is 0.232 e. The maximum Gasteiger partial charge on any atom is 0.232 e. The number of aromatic nitrogens is 2. The van der Waals surface area contributed by atoms with E-state index in [1.165, 1.54) is 25.7 Å². The molecule has 0 radical (unpaired) electrons. The summed E-state index contributed by atoms with van der Waals surface area (Å²) >= 11 is 11.4. The van der Waals surface area contributed by atoms with Crippen molar-refractivity contribution in [2.45, 2.75) is 32.2 Å². The van der Waals surface area contributed by atoms with Crippen LogP contribution in [0.15, 0.2) is 28.9 Å². The van der Waals surface area contributed by atoms with Gasteiger partial charge in [0.05, 0.1) is 12.8 Å². The van der Waals surface area contributed by atoms with Crippen molar-refractivity contribution >= 4 is 40.7 Å². The fourth-order valence-corrected chi connectivity index (χ4v) is 2.99. The zero-order chi connectivity index (χ0) is 16.8. The van der Waals surface area contributed by atoms with Gasteiger partial charge in [-0.15, -0.1) is 0 Å². The Bertz CT molecular complexity index is 671. The molecule has 2 N–H and O–H groups in total. The van der Waals surface area contributed by atoms with Gasteiger partial charge in [0.1, 0.15) is 16.7 Å². The third-order valence-corrected chi connectivity index (χ3v) is 4.28. The van der Waals surface area contributed by atoms with Gasteiger partial charge in [-0.05, 0) is 37.2 Å². The number of rotatable bonds is 4. The monoisotopic (exact) mass is 365 g/mol. The third kappa shape index (κ3) is 4.82. The number of hydrogen-bond acceptors (Lipinski definition) is 5. The van der Waals surface area contributed by atoms with E-state index >= 15 is 0 Å². The van der Waals surface area contributed by atoms with E-state index in [9.17, 15) is 0 Å². The minimum atomic E-state index is 0.402. The Hall–Kier alpha value is -1.86. The summed E-state index contributed by atoms with van der Waals surface area (Å²) in [6.45, 7) is 2.49. The molecule has 128 valence electrons. The Labute approximate surface area is 151 Å². The molecule has 0 atom stereocenters. The van der Waals surface area contributed by atoms with E-state index < -0.39 is 0 Å². The van der Waals surface area contributed by atoms with Crippen LogP contribution in [0, 0.1) is 0 Å². The molecular formula is C16H20ClN5OS. The molecule has 0 amide bonds. The van der Waals surface area contributed by atoms with Crippen LogP contribution in [0.1, 0.15) is 31.4 Å². The van der Waals surface area contributed by atoms with Crippen molar-refractivity contribution in [2.24, 2.45) is 0 Å². The Morgan fingerprint density at radius 1 is 1.25 bits per heavy atom. The van der Waals surface area contributed by atoms with E-state index in [1.54, 1.807) is 12.3 Å². The first-order valence-corrected chi connectivity index (χ1v) is 8.86. The van der Waals surface area contributed by atoms with Gasteiger partial charge in [0.2, 0.25) is 5.95 Å². The predicted octanol–water partition coefficient (Wildman–Crippen LogP) is 3.59. The average Bonchev–Trinajstić information content (AvgIpc) is 2.92. The number of anilines is 2. The normalized spacial score (nSPS) is 15.0. The molecule has 1 aliphatic heterocycles. The molecule has 0 aromatic carbocycles. The lowest BCUT2D eigenvalue weighted by molar-refractivity contribution is 0.503. The fourth-order valence-electron chi connectivity index (χ4n) is 2.65. The molecule has 0 unspecified atom stereocenters. The van der Waals surface area contributed by atoms with Crippen LogP contribution < -0.4 is 15.5 Å². The first-order valence-electron chi connectivity index (χ1n) is 8.07. The molecule has 0 spiro atoms. The lowest BCUT2D eigenvalue weighted by Gasteiger charge is -2.22. The van der Waals surface area contributed by atoms with E-state index in [-0.39, 0.29) is 0 Å². The van der Waals surface area contributed by atoms with Crippen molar-refractivity contribution < 1.29 is 4.42 Å². The zero-order valence-corrected chi connectivity index (χ0v) is 14.9. The van der Waals surface area contributed by atoms with Crippen molar-refractivity contribution in [3.63, 3.8) is 0 Å². The quantitative estimate of drug-likeness (QED) is 0.634. The first kappa shape index (κ1) is 17.0. The summed E-state index contributed by atoms with van der Waals surface area (Å²) < 4.78 is 5.25. The third-order valence-electron chi connectivity index (χ3n) is 3.84. The second kappa shape index (κ2) is 8.30. The number of halogens is 1. The van der Waals surface area contributed by atoms with Crippen LogP contribution in [0.5, 0.6) is 0 Å². The standard InChI is InChI=1S/C16H20ClN5OS/c17-13-10-14(22-7-3-1-2-4-8-22)20-15(19-13)21-16(24)18-11-12-6-5-9-23-12/h5-6,9-10H,1-4,7-8,11H2,(H2,18,19,20,21,24). The number of furan rings is 1. The number of nitrogens with zero attached hydrogens (tertiary/aromatic N) is 3. The summed E-state index contributed by atoms with van der Waals surface area (Å²) in [5.74, 6) is 2.04. The molecule has 8 heteroatoms. The Morgan fingerprint density at radius 2 is 2.04 bits per heavy atom. The van der Waals surface area contributed by atoms with Crippen LogP contribution in [0.3, 0.4) is 0 Å². The highest BCUT2D eigenvalue weighted by Gasteiger charge is 2.14. The van der Waals surface area contributed by atoms with Gasteiger partial charge in [-0.3, -0.25) is 0 Å². The van der Waals surface area contributed by atoms with Crippen LogP contribution in [-0.4, -0.2) is 28.2 Å². The largest absolute Gasteiger partial charge is 0.467 e. The van der Waals surface area contributed by atoms with Gasteiger partial charge in [-0.1, -0.05) is 24.4 Å². The van der Waals surface area contributed by atoms with E-state index in [4.69, 9.17) is 28.2 Å². The summed E-state index contributed by atoms with van der Waals surface area (Å²) in [5, 5.41) is 6.87. The SMILES string of the molecule is S=C(NCc1ccco1)Nc1nc(Cl)cc(N2CCCCCC2)n1. The average molecular weight is 366 g/mol. The second-order valence-electron chi connectivity index (χ2n) is 5.66. The molecule has 2 aromatic heterocycles. The van der Waals surface area contributed by atoms with Crippen LogP contribution in [0.4, 0.5) is 11.8 Å². The minimum Gasteiger partial charge on any atom is -0.467 e. The molecule has 2 aromatic rings. The zero-order valence-electron chi connectivity index (χ0n) is 13.3. The summed E-state index contributed by atoms with van der Waals surface area (Å²) in [7, 11) is 0. The van der Waals surface area contributed by atoms with Gasteiger partial charge >= 0.3 is 0 Å². The topological polar surface area (TPSA) is 66.2 Å². The maximum absolute atomic E-state index is 6.16. The van der Waals surface area contributed by atoms with E-state index in [2.05, 4.69) is 25.5 Å². The molecule has 24 heavy (non-hydrogen) atoms. The summed E-state index contributed by atoms with van der Waals surface area (Å²) in [4.78, 5) is 11.0. The molecule has 0 bridgehead atoms. The molecule has 0 saturated carbocycles. The van der Waals surface area contributed by atoms with E-state index in [0.29, 0.717) is 22.8 Å².